The summed E-state index contributed by atoms with van der Waals surface area (Å²) in [4.78, 5) is 0. The van der Waals surface area contributed by atoms with Crippen molar-refractivity contribution in [3.8, 4) is 17.1 Å². The van der Waals surface area contributed by atoms with Crippen LogP contribution in [0.3, 0.4) is 0 Å². The second-order valence-electron chi connectivity index (χ2n) is 4.62. The molecule has 6 nitrogen and oxygen atoms in total. The fourth-order valence-electron chi connectivity index (χ4n) is 1.98. The van der Waals surface area contributed by atoms with E-state index in [-0.39, 0.29) is 5.82 Å². The molecule has 0 saturated carbocycles. The molecule has 1 atom stereocenters. The lowest BCUT2D eigenvalue weighted by Crippen LogP contribution is -2.09. The molecule has 3 rings (SSSR count). The van der Waals surface area contributed by atoms with Crippen LogP contribution in [0, 0.1) is 0 Å². The van der Waals surface area contributed by atoms with Crippen LogP contribution in [0.1, 0.15) is 17.5 Å². The van der Waals surface area contributed by atoms with Gasteiger partial charge in [-0.25, -0.2) is 0 Å². The van der Waals surface area contributed by atoms with Crippen LogP contribution in [0.4, 0.5) is 0 Å². The molecule has 0 fully saturated rings. The van der Waals surface area contributed by atoms with E-state index >= 15 is 0 Å². The number of methoxy groups -OCH3 is 1. The molecule has 22 heavy (non-hydrogen) atoms. The molecule has 2 aromatic carbocycles. The molecule has 1 aromatic heterocycles. The van der Waals surface area contributed by atoms with E-state index in [1.807, 2.05) is 30.3 Å². The standard InChI is InChI=1S/C16H14N4O2/c1-22-13-9-7-11(8-10-13)14(21)16-19-17-15(18-20-16)12-5-3-2-4-6-12/h2-10,14,21H,1H3/t14-/m1/s1. The van der Waals surface area contributed by atoms with Gasteiger partial charge in [-0.2, -0.15) is 0 Å². The summed E-state index contributed by atoms with van der Waals surface area (Å²) >= 11 is 0. The lowest BCUT2D eigenvalue weighted by Gasteiger charge is -2.09. The van der Waals surface area contributed by atoms with E-state index in [1.54, 1.807) is 31.4 Å². The van der Waals surface area contributed by atoms with Gasteiger partial charge in [0.05, 0.1) is 7.11 Å². The largest absolute Gasteiger partial charge is 0.497 e. The quantitative estimate of drug-likeness (QED) is 0.793. The highest BCUT2D eigenvalue weighted by atomic mass is 16.5. The van der Waals surface area contributed by atoms with Crippen molar-refractivity contribution in [2.75, 3.05) is 7.11 Å². The average Bonchev–Trinajstić information content (AvgIpc) is 2.62. The van der Waals surface area contributed by atoms with Gasteiger partial charge in [0.2, 0.25) is 11.6 Å². The molecule has 0 spiro atoms. The van der Waals surface area contributed by atoms with Crippen LogP contribution in [-0.4, -0.2) is 32.6 Å². The molecule has 0 radical (unpaired) electrons. The number of rotatable bonds is 4. The Labute approximate surface area is 127 Å². The fraction of sp³-hybridized carbons (Fsp3) is 0.125. The van der Waals surface area contributed by atoms with Gasteiger partial charge in [0.1, 0.15) is 11.9 Å². The topological polar surface area (TPSA) is 81.0 Å². The molecule has 0 aliphatic heterocycles. The van der Waals surface area contributed by atoms with Gasteiger partial charge in [0.15, 0.2) is 0 Å². The number of benzene rings is 2. The summed E-state index contributed by atoms with van der Waals surface area (Å²) < 4.78 is 5.08. The first-order chi connectivity index (χ1) is 10.8. The molecule has 6 heteroatoms. The van der Waals surface area contributed by atoms with Gasteiger partial charge in [-0.3, -0.25) is 0 Å². The number of aliphatic hydroxyl groups is 1. The highest BCUT2D eigenvalue weighted by Crippen LogP contribution is 2.21. The molecule has 0 saturated heterocycles. The summed E-state index contributed by atoms with van der Waals surface area (Å²) in [5.74, 6) is 1.30. The van der Waals surface area contributed by atoms with Crippen LogP contribution in [0.2, 0.25) is 0 Å². The number of ether oxygens (including phenoxy) is 1. The smallest absolute Gasteiger partial charge is 0.206 e. The molecule has 0 unspecified atom stereocenters. The molecule has 0 amide bonds. The Morgan fingerprint density at radius 3 is 2.09 bits per heavy atom. The number of aromatic nitrogens is 4. The Kier molecular flexibility index (Phi) is 4.02. The summed E-state index contributed by atoms with van der Waals surface area (Å²) in [5.41, 5.74) is 1.48. The van der Waals surface area contributed by atoms with Crippen LogP contribution in [0.25, 0.3) is 11.4 Å². The summed E-state index contributed by atoms with van der Waals surface area (Å²) in [7, 11) is 1.59. The predicted octanol–water partition coefficient (Wildman–Crippen LogP) is 2.02. The summed E-state index contributed by atoms with van der Waals surface area (Å²) in [6.45, 7) is 0. The predicted molar refractivity (Wildman–Crippen MR) is 80.1 cm³/mol. The third kappa shape index (κ3) is 2.91. The lowest BCUT2D eigenvalue weighted by molar-refractivity contribution is 0.206. The van der Waals surface area contributed by atoms with Crippen molar-refractivity contribution in [1.29, 1.82) is 0 Å². The normalized spacial score (nSPS) is 11.9. The lowest BCUT2D eigenvalue weighted by atomic mass is 10.1. The Morgan fingerprint density at radius 1 is 0.864 bits per heavy atom. The van der Waals surface area contributed by atoms with Crippen molar-refractivity contribution < 1.29 is 9.84 Å². The zero-order valence-corrected chi connectivity index (χ0v) is 11.9. The molecule has 1 N–H and O–H groups in total. The van der Waals surface area contributed by atoms with Gasteiger partial charge in [0, 0.05) is 5.56 Å². The second kappa shape index (κ2) is 6.28. The zero-order chi connectivity index (χ0) is 15.4. The van der Waals surface area contributed by atoms with Crippen LogP contribution >= 0.6 is 0 Å². The van der Waals surface area contributed by atoms with Crippen LogP contribution in [0.5, 0.6) is 5.75 Å². The summed E-state index contributed by atoms with van der Waals surface area (Å²) in [6.07, 6.45) is -0.976. The van der Waals surface area contributed by atoms with Gasteiger partial charge in [-0.15, -0.1) is 20.4 Å². The SMILES string of the molecule is COc1ccc([C@@H](O)c2nnc(-c3ccccc3)nn2)cc1. The number of hydrogen-bond acceptors (Lipinski definition) is 6. The molecule has 0 aliphatic carbocycles. The van der Waals surface area contributed by atoms with E-state index in [2.05, 4.69) is 20.4 Å². The van der Waals surface area contributed by atoms with E-state index in [0.717, 1.165) is 5.56 Å². The van der Waals surface area contributed by atoms with Gasteiger partial charge in [-0.05, 0) is 17.7 Å². The van der Waals surface area contributed by atoms with Crippen LogP contribution < -0.4 is 4.74 Å². The van der Waals surface area contributed by atoms with E-state index in [9.17, 15) is 5.11 Å². The van der Waals surface area contributed by atoms with E-state index in [4.69, 9.17) is 4.74 Å². The maximum Gasteiger partial charge on any atom is 0.206 e. The molecule has 0 bridgehead atoms. The van der Waals surface area contributed by atoms with Crippen molar-refractivity contribution in [3.05, 3.63) is 66.0 Å². The van der Waals surface area contributed by atoms with E-state index < -0.39 is 6.10 Å². The molecule has 3 aromatic rings. The highest BCUT2D eigenvalue weighted by Gasteiger charge is 2.15. The molecule has 0 aliphatic rings. The monoisotopic (exact) mass is 294 g/mol. The summed E-state index contributed by atoms with van der Waals surface area (Å²) in [5, 5.41) is 26.3. The van der Waals surface area contributed by atoms with Gasteiger partial charge >= 0.3 is 0 Å². The highest BCUT2D eigenvalue weighted by molar-refractivity contribution is 5.52. The van der Waals surface area contributed by atoms with Gasteiger partial charge in [-0.1, -0.05) is 42.5 Å². The van der Waals surface area contributed by atoms with Crippen molar-refractivity contribution in [2.45, 2.75) is 6.10 Å². The Hall–Kier alpha value is -2.86. The fourth-order valence-corrected chi connectivity index (χ4v) is 1.98. The van der Waals surface area contributed by atoms with Crippen molar-refractivity contribution in [3.63, 3.8) is 0 Å². The Morgan fingerprint density at radius 2 is 1.50 bits per heavy atom. The first-order valence-electron chi connectivity index (χ1n) is 6.72. The minimum Gasteiger partial charge on any atom is -0.497 e. The molecular formula is C16H14N4O2. The second-order valence-corrected chi connectivity index (χ2v) is 4.62. The third-order valence-electron chi connectivity index (χ3n) is 3.20. The van der Waals surface area contributed by atoms with Crippen molar-refractivity contribution in [1.82, 2.24) is 20.4 Å². The summed E-state index contributed by atoms with van der Waals surface area (Å²) in [6, 6.07) is 16.5. The van der Waals surface area contributed by atoms with Gasteiger partial charge < -0.3 is 9.84 Å². The third-order valence-corrected chi connectivity index (χ3v) is 3.20. The molecule has 1 heterocycles. The Bertz CT molecular complexity index is 730. The van der Waals surface area contributed by atoms with Crippen molar-refractivity contribution in [2.24, 2.45) is 0 Å². The minimum absolute atomic E-state index is 0.157. The zero-order valence-electron chi connectivity index (χ0n) is 11.9. The van der Waals surface area contributed by atoms with E-state index in [0.29, 0.717) is 17.1 Å². The Balaban J connectivity index is 1.82. The number of hydrogen-bond donors (Lipinski definition) is 1. The molecular weight excluding hydrogens is 280 g/mol. The molecule has 110 valence electrons. The van der Waals surface area contributed by atoms with Gasteiger partial charge in [0.25, 0.3) is 0 Å². The number of nitrogens with zero attached hydrogens (tertiary/aromatic N) is 4. The first kappa shape index (κ1) is 14.1. The van der Waals surface area contributed by atoms with Crippen LogP contribution in [0.15, 0.2) is 54.6 Å². The first-order valence-corrected chi connectivity index (χ1v) is 6.72. The van der Waals surface area contributed by atoms with E-state index in [1.165, 1.54) is 0 Å². The maximum absolute atomic E-state index is 10.3. The number of aliphatic hydroxyl groups excluding tert-OH is 1. The maximum atomic E-state index is 10.3. The van der Waals surface area contributed by atoms with Crippen LogP contribution in [-0.2, 0) is 0 Å². The van der Waals surface area contributed by atoms with Crippen molar-refractivity contribution >= 4 is 0 Å². The average molecular weight is 294 g/mol. The minimum atomic E-state index is -0.976.